The molecule has 70 valence electrons. The first-order valence-corrected chi connectivity index (χ1v) is 5.96. The smallest absolute Gasteiger partial charge is 0.136 e. The van der Waals surface area contributed by atoms with Gasteiger partial charge in [0.05, 0.1) is 0 Å². The Morgan fingerprint density at radius 3 is 2.50 bits per heavy atom. The van der Waals surface area contributed by atoms with Crippen molar-refractivity contribution in [1.29, 1.82) is 0 Å². The van der Waals surface area contributed by atoms with Crippen molar-refractivity contribution in [3.05, 3.63) is 0 Å². The largest absolute Gasteiger partial charge is 0.299 e. The lowest BCUT2D eigenvalue weighted by Crippen LogP contribution is -2.20. The van der Waals surface area contributed by atoms with Gasteiger partial charge in [0.1, 0.15) is 5.78 Å². The number of thioether (sulfide) groups is 1. The van der Waals surface area contributed by atoms with Gasteiger partial charge in [0.25, 0.3) is 0 Å². The van der Waals surface area contributed by atoms with Crippen LogP contribution in [-0.2, 0) is 4.79 Å². The number of ketones is 1. The molecule has 1 saturated heterocycles. The Balaban J connectivity index is 2.30. The van der Waals surface area contributed by atoms with E-state index in [0.29, 0.717) is 17.6 Å². The third-order valence-corrected chi connectivity index (χ3v) is 3.33. The van der Waals surface area contributed by atoms with Crippen LogP contribution in [0, 0.1) is 11.8 Å². The molecule has 0 atom stereocenters. The summed E-state index contributed by atoms with van der Waals surface area (Å²) in [4.78, 5) is 11.6. The van der Waals surface area contributed by atoms with Gasteiger partial charge >= 0.3 is 0 Å². The van der Waals surface area contributed by atoms with Crippen molar-refractivity contribution < 1.29 is 4.79 Å². The summed E-state index contributed by atoms with van der Waals surface area (Å²) >= 11 is 1.98. The minimum atomic E-state index is 0.397. The molecular formula is C10H18OS. The van der Waals surface area contributed by atoms with Crippen LogP contribution in [0.1, 0.15) is 33.1 Å². The Bertz CT molecular complexity index is 148. The zero-order valence-corrected chi connectivity index (χ0v) is 8.82. The van der Waals surface area contributed by atoms with Gasteiger partial charge in [-0.2, -0.15) is 11.8 Å². The average Bonchev–Trinajstić information content (AvgIpc) is 2.05. The normalized spacial score (nSPS) is 19.9. The fourth-order valence-electron chi connectivity index (χ4n) is 1.59. The van der Waals surface area contributed by atoms with Gasteiger partial charge in [-0.25, -0.2) is 0 Å². The van der Waals surface area contributed by atoms with E-state index in [1.807, 2.05) is 11.8 Å². The van der Waals surface area contributed by atoms with E-state index in [9.17, 15) is 4.79 Å². The molecule has 0 N–H and O–H groups in total. The Hall–Kier alpha value is 0.0200. The summed E-state index contributed by atoms with van der Waals surface area (Å²) in [6, 6.07) is 0. The third kappa shape index (κ3) is 3.18. The Labute approximate surface area is 79.3 Å². The SMILES string of the molecule is CC(C)CC(=O)C1CCSCC1. The summed E-state index contributed by atoms with van der Waals surface area (Å²) in [6.45, 7) is 4.24. The van der Waals surface area contributed by atoms with E-state index in [1.54, 1.807) is 0 Å². The molecule has 12 heavy (non-hydrogen) atoms. The molecule has 0 aromatic heterocycles. The maximum absolute atomic E-state index is 11.6. The Morgan fingerprint density at radius 2 is 2.00 bits per heavy atom. The predicted molar refractivity (Wildman–Crippen MR) is 54.5 cm³/mol. The van der Waals surface area contributed by atoms with Crippen LogP contribution < -0.4 is 0 Å². The van der Waals surface area contributed by atoms with Gasteiger partial charge in [0.2, 0.25) is 0 Å². The van der Waals surface area contributed by atoms with E-state index < -0.39 is 0 Å². The number of rotatable bonds is 3. The van der Waals surface area contributed by atoms with Gasteiger partial charge in [0, 0.05) is 12.3 Å². The highest BCUT2D eigenvalue weighted by molar-refractivity contribution is 7.99. The molecule has 0 bridgehead atoms. The van der Waals surface area contributed by atoms with E-state index in [2.05, 4.69) is 13.8 Å². The van der Waals surface area contributed by atoms with Crippen LogP contribution >= 0.6 is 11.8 Å². The van der Waals surface area contributed by atoms with E-state index in [4.69, 9.17) is 0 Å². The van der Waals surface area contributed by atoms with Gasteiger partial charge < -0.3 is 0 Å². The summed E-state index contributed by atoms with van der Waals surface area (Å²) in [5, 5.41) is 0. The highest BCUT2D eigenvalue weighted by atomic mass is 32.2. The number of carbonyl (C=O) groups is 1. The summed E-state index contributed by atoms with van der Waals surface area (Å²) in [5.74, 6) is 3.81. The monoisotopic (exact) mass is 186 g/mol. The second-order valence-corrected chi connectivity index (χ2v) is 5.18. The van der Waals surface area contributed by atoms with Gasteiger partial charge in [-0.1, -0.05) is 13.8 Å². The lowest BCUT2D eigenvalue weighted by Gasteiger charge is -2.20. The molecule has 0 aromatic rings. The van der Waals surface area contributed by atoms with E-state index in [-0.39, 0.29) is 0 Å². The number of hydrogen-bond donors (Lipinski definition) is 0. The van der Waals surface area contributed by atoms with Crippen LogP contribution in [-0.4, -0.2) is 17.3 Å². The first-order valence-electron chi connectivity index (χ1n) is 4.80. The maximum atomic E-state index is 11.6. The fourth-order valence-corrected chi connectivity index (χ4v) is 2.70. The van der Waals surface area contributed by atoms with Crippen LogP contribution in [0.2, 0.25) is 0 Å². The molecule has 0 amide bonds. The minimum absolute atomic E-state index is 0.397. The van der Waals surface area contributed by atoms with Crippen LogP contribution in [0.5, 0.6) is 0 Å². The Kier molecular flexibility index (Phi) is 4.13. The average molecular weight is 186 g/mol. The summed E-state index contributed by atoms with van der Waals surface area (Å²) in [5.41, 5.74) is 0. The molecule has 0 aliphatic carbocycles. The first kappa shape index (κ1) is 10.1. The topological polar surface area (TPSA) is 17.1 Å². The third-order valence-electron chi connectivity index (χ3n) is 2.29. The zero-order chi connectivity index (χ0) is 8.97. The quantitative estimate of drug-likeness (QED) is 0.674. The van der Waals surface area contributed by atoms with E-state index in [1.165, 1.54) is 11.5 Å². The van der Waals surface area contributed by atoms with E-state index >= 15 is 0 Å². The van der Waals surface area contributed by atoms with Crippen LogP contribution in [0.15, 0.2) is 0 Å². The van der Waals surface area contributed by atoms with Gasteiger partial charge in [0.15, 0.2) is 0 Å². The lowest BCUT2D eigenvalue weighted by molar-refractivity contribution is -0.123. The number of hydrogen-bond acceptors (Lipinski definition) is 2. The minimum Gasteiger partial charge on any atom is -0.299 e. The van der Waals surface area contributed by atoms with Crippen molar-refractivity contribution >= 4 is 17.5 Å². The molecule has 0 radical (unpaired) electrons. The highest BCUT2D eigenvalue weighted by Gasteiger charge is 2.21. The van der Waals surface area contributed by atoms with Gasteiger partial charge in [-0.3, -0.25) is 4.79 Å². The fraction of sp³-hybridized carbons (Fsp3) is 0.900. The Morgan fingerprint density at radius 1 is 1.42 bits per heavy atom. The van der Waals surface area contributed by atoms with Gasteiger partial charge in [-0.15, -0.1) is 0 Å². The van der Waals surface area contributed by atoms with Crippen molar-refractivity contribution in [1.82, 2.24) is 0 Å². The standard InChI is InChI=1S/C10H18OS/c1-8(2)7-10(11)9-3-5-12-6-4-9/h8-9H,3-7H2,1-2H3. The molecular weight excluding hydrogens is 168 g/mol. The van der Waals surface area contributed by atoms with Crippen LogP contribution in [0.3, 0.4) is 0 Å². The molecule has 1 aliphatic heterocycles. The van der Waals surface area contributed by atoms with Crippen molar-refractivity contribution in [3.8, 4) is 0 Å². The van der Waals surface area contributed by atoms with Crippen molar-refractivity contribution in [2.75, 3.05) is 11.5 Å². The molecule has 1 heterocycles. The molecule has 1 fully saturated rings. The summed E-state index contributed by atoms with van der Waals surface area (Å²) in [6.07, 6.45) is 3.03. The highest BCUT2D eigenvalue weighted by Crippen LogP contribution is 2.25. The molecule has 0 spiro atoms. The second kappa shape index (κ2) is 4.90. The maximum Gasteiger partial charge on any atom is 0.136 e. The molecule has 1 rings (SSSR count). The summed E-state index contributed by atoms with van der Waals surface area (Å²) < 4.78 is 0. The zero-order valence-electron chi connectivity index (χ0n) is 8.01. The van der Waals surface area contributed by atoms with Crippen molar-refractivity contribution in [2.45, 2.75) is 33.1 Å². The molecule has 2 heteroatoms. The molecule has 0 saturated carbocycles. The molecule has 1 nitrogen and oxygen atoms in total. The van der Waals surface area contributed by atoms with E-state index in [0.717, 1.165) is 19.3 Å². The molecule has 0 aromatic carbocycles. The molecule has 1 aliphatic rings. The first-order chi connectivity index (χ1) is 5.70. The predicted octanol–water partition coefficient (Wildman–Crippen LogP) is 2.74. The van der Waals surface area contributed by atoms with Crippen molar-refractivity contribution in [2.24, 2.45) is 11.8 Å². The summed E-state index contributed by atoms with van der Waals surface area (Å²) in [7, 11) is 0. The van der Waals surface area contributed by atoms with Crippen molar-refractivity contribution in [3.63, 3.8) is 0 Å². The van der Waals surface area contributed by atoms with Gasteiger partial charge in [-0.05, 0) is 30.3 Å². The number of Topliss-reactive ketones (excluding diaryl/α,β-unsaturated/α-hetero) is 1. The van der Waals surface area contributed by atoms with Crippen LogP contribution in [0.25, 0.3) is 0 Å². The molecule has 0 unspecified atom stereocenters. The van der Waals surface area contributed by atoms with Crippen LogP contribution in [0.4, 0.5) is 0 Å². The lowest BCUT2D eigenvalue weighted by atomic mass is 9.92. The second-order valence-electron chi connectivity index (χ2n) is 3.95. The number of carbonyl (C=O) groups excluding carboxylic acids is 1.